The molecular weight excluding hydrogens is 374 g/mol. The van der Waals surface area contributed by atoms with Crippen molar-refractivity contribution >= 4 is 33.8 Å². The van der Waals surface area contributed by atoms with Gasteiger partial charge in [0.1, 0.15) is 5.01 Å². The van der Waals surface area contributed by atoms with Crippen molar-refractivity contribution in [1.82, 2.24) is 24.2 Å². The molecule has 0 bridgehead atoms. The first-order chi connectivity index (χ1) is 13.0. The summed E-state index contributed by atoms with van der Waals surface area (Å²) in [6, 6.07) is 16.6. The molecule has 0 saturated carbocycles. The molecule has 0 unspecified atom stereocenters. The molecule has 0 saturated heterocycles. The number of aryl methyl sites for hydroxylation is 1. The van der Waals surface area contributed by atoms with Crippen molar-refractivity contribution in [3.05, 3.63) is 63.9 Å². The third-order valence-electron chi connectivity index (χ3n) is 4.47. The van der Waals surface area contributed by atoms with Crippen molar-refractivity contribution in [3.8, 4) is 11.4 Å². The highest BCUT2D eigenvalue weighted by Crippen LogP contribution is 2.23. The Morgan fingerprint density at radius 1 is 1.11 bits per heavy atom. The average Bonchev–Trinajstić information content (AvgIpc) is 3.18. The minimum absolute atomic E-state index is 0.620. The molecule has 4 rings (SSSR count). The minimum atomic E-state index is 0.620. The summed E-state index contributed by atoms with van der Waals surface area (Å²) >= 11 is 7.33. The Kier molecular flexibility index (Phi) is 4.90. The summed E-state index contributed by atoms with van der Waals surface area (Å²) in [5.41, 5.74) is 3.36. The lowest BCUT2D eigenvalue weighted by molar-refractivity contribution is 0.244. The van der Waals surface area contributed by atoms with E-state index in [0.717, 1.165) is 28.5 Å². The molecule has 0 aliphatic carbocycles. The molecule has 5 nitrogen and oxygen atoms in total. The van der Waals surface area contributed by atoms with E-state index in [9.17, 15) is 0 Å². The van der Waals surface area contributed by atoms with Crippen LogP contribution in [0, 0.1) is 11.7 Å². The zero-order chi connectivity index (χ0) is 19.0. The third-order valence-corrected chi connectivity index (χ3v) is 5.98. The zero-order valence-corrected chi connectivity index (χ0v) is 17.2. The lowest BCUT2D eigenvalue weighted by Crippen LogP contribution is -2.22. The Labute approximate surface area is 167 Å². The molecule has 0 amide bonds. The van der Waals surface area contributed by atoms with Gasteiger partial charge in [0.05, 0.1) is 23.4 Å². The molecular formula is C20H21N5S2. The van der Waals surface area contributed by atoms with Crippen LogP contribution in [0.2, 0.25) is 0 Å². The summed E-state index contributed by atoms with van der Waals surface area (Å²) in [7, 11) is 4.03. The summed E-state index contributed by atoms with van der Waals surface area (Å²) in [5, 5.41) is 5.85. The Morgan fingerprint density at radius 2 is 1.85 bits per heavy atom. The molecule has 2 aromatic carbocycles. The maximum Gasteiger partial charge on any atom is 0.199 e. The van der Waals surface area contributed by atoms with Crippen LogP contribution >= 0.6 is 23.6 Å². The van der Waals surface area contributed by atoms with Crippen LogP contribution in [0.25, 0.3) is 21.6 Å². The molecule has 0 N–H and O–H groups in total. The maximum atomic E-state index is 5.60. The van der Waals surface area contributed by atoms with Gasteiger partial charge in [-0.25, -0.2) is 9.67 Å². The predicted octanol–water partition coefficient (Wildman–Crippen LogP) is 4.63. The normalized spacial score (nSPS) is 11.6. The number of nitrogens with zero attached hydrogens (tertiary/aromatic N) is 5. The van der Waals surface area contributed by atoms with E-state index in [0.29, 0.717) is 11.4 Å². The van der Waals surface area contributed by atoms with Crippen LogP contribution in [-0.4, -0.2) is 31.3 Å². The van der Waals surface area contributed by atoms with E-state index < -0.39 is 0 Å². The van der Waals surface area contributed by atoms with Gasteiger partial charge in [0.15, 0.2) is 10.6 Å². The Morgan fingerprint density at radius 3 is 2.59 bits per heavy atom. The Hall–Kier alpha value is -2.35. The Balaban J connectivity index is 1.54. The average molecular weight is 396 g/mol. The third kappa shape index (κ3) is 3.71. The number of aromatic nitrogens is 4. The monoisotopic (exact) mass is 395 g/mol. The second kappa shape index (κ2) is 7.34. The standard InChI is InChI=1S/C20H21N5S2/c1-14-8-10-15(11-9-14)19-22-25(20(26)24(19)3)13-23(2)12-18-21-16-6-4-5-7-17(16)27-18/h4-11H,12-13H2,1-3H3. The summed E-state index contributed by atoms with van der Waals surface area (Å²) in [4.78, 5) is 6.89. The largest absolute Gasteiger partial charge is 0.303 e. The van der Waals surface area contributed by atoms with Crippen LogP contribution in [-0.2, 0) is 20.3 Å². The minimum Gasteiger partial charge on any atom is -0.303 e. The zero-order valence-electron chi connectivity index (χ0n) is 15.6. The van der Waals surface area contributed by atoms with Gasteiger partial charge in [-0.15, -0.1) is 11.3 Å². The van der Waals surface area contributed by atoms with E-state index in [4.69, 9.17) is 22.3 Å². The topological polar surface area (TPSA) is 38.9 Å². The van der Waals surface area contributed by atoms with Crippen molar-refractivity contribution in [2.45, 2.75) is 20.1 Å². The molecule has 0 atom stereocenters. The van der Waals surface area contributed by atoms with Gasteiger partial charge in [-0.05, 0) is 38.3 Å². The molecule has 138 valence electrons. The molecule has 0 radical (unpaired) electrons. The van der Waals surface area contributed by atoms with Crippen LogP contribution in [0.15, 0.2) is 48.5 Å². The molecule has 2 heterocycles. The highest BCUT2D eigenvalue weighted by atomic mass is 32.1. The molecule has 0 spiro atoms. The Bertz CT molecular complexity index is 1100. The van der Waals surface area contributed by atoms with Crippen LogP contribution in [0.5, 0.6) is 0 Å². The molecule has 0 aliphatic rings. The quantitative estimate of drug-likeness (QED) is 0.462. The first kappa shape index (κ1) is 18.0. The van der Waals surface area contributed by atoms with Gasteiger partial charge in [-0.3, -0.25) is 4.90 Å². The fraction of sp³-hybridized carbons (Fsp3) is 0.250. The molecule has 0 aliphatic heterocycles. The second-order valence-corrected chi connectivity index (χ2v) is 8.24. The van der Waals surface area contributed by atoms with Gasteiger partial charge < -0.3 is 4.57 Å². The van der Waals surface area contributed by atoms with E-state index in [1.807, 2.05) is 28.4 Å². The molecule has 27 heavy (non-hydrogen) atoms. The maximum absolute atomic E-state index is 5.60. The van der Waals surface area contributed by atoms with Gasteiger partial charge in [0.25, 0.3) is 0 Å². The number of para-hydroxylation sites is 1. The lowest BCUT2D eigenvalue weighted by atomic mass is 10.1. The number of hydrogen-bond acceptors (Lipinski definition) is 5. The van der Waals surface area contributed by atoms with Crippen molar-refractivity contribution in [2.75, 3.05) is 7.05 Å². The number of thiazole rings is 1. The van der Waals surface area contributed by atoms with Gasteiger partial charge >= 0.3 is 0 Å². The lowest BCUT2D eigenvalue weighted by Gasteiger charge is -2.14. The van der Waals surface area contributed by atoms with Crippen LogP contribution < -0.4 is 0 Å². The molecule has 0 fully saturated rings. The smallest absolute Gasteiger partial charge is 0.199 e. The van der Waals surface area contributed by atoms with Gasteiger partial charge in [-0.2, -0.15) is 5.10 Å². The highest BCUT2D eigenvalue weighted by Gasteiger charge is 2.12. The van der Waals surface area contributed by atoms with E-state index in [-0.39, 0.29) is 0 Å². The van der Waals surface area contributed by atoms with Crippen LogP contribution in [0.4, 0.5) is 0 Å². The van der Waals surface area contributed by atoms with Gasteiger partial charge in [0.2, 0.25) is 0 Å². The van der Waals surface area contributed by atoms with Gasteiger partial charge in [-0.1, -0.05) is 42.0 Å². The SMILES string of the molecule is Cc1ccc(-c2nn(CN(C)Cc3nc4ccccc4s3)c(=S)n2C)cc1. The number of rotatable bonds is 5. The summed E-state index contributed by atoms with van der Waals surface area (Å²) in [6.45, 7) is 3.46. The summed E-state index contributed by atoms with van der Waals surface area (Å²) in [5.74, 6) is 0.883. The molecule has 4 aromatic rings. The molecule has 2 aromatic heterocycles. The van der Waals surface area contributed by atoms with Gasteiger partial charge in [0, 0.05) is 12.6 Å². The van der Waals surface area contributed by atoms with Crippen LogP contribution in [0.3, 0.4) is 0 Å². The van der Waals surface area contributed by atoms with Crippen molar-refractivity contribution in [3.63, 3.8) is 0 Å². The number of benzene rings is 2. The fourth-order valence-electron chi connectivity index (χ4n) is 3.03. The van der Waals surface area contributed by atoms with Crippen molar-refractivity contribution in [2.24, 2.45) is 7.05 Å². The summed E-state index contributed by atoms with van der Waals surface area (Å²) < 4.78 is 5.77. The van der Waals surface area contributed by atoms with E-state index >= 15 is 0 Å². The first-order valence-corrected chi connectivity index (χ1v) is 9.97. The van der Waals surface area contributed by atoms with E-state index in [1.165, 1.54) is 10.3 Å². The first-order valence-electron chi connectivity index (χ1n) is 8.75. The highest BCUT2D eigenvalue weighted by molar-refractivity contribution is 7.71. The van der Waals surface area contributed by atoms with Crippen LogP contribution in [0.1, 0.15) is 10.6 Å². The van der Waals surface area contributed by atoms with Crippen molar-refractivity contribution in [1.29, 1.82) is 0 Å². The predicted molar refractivity (Wildman–Crippen MR) is 113 cm³/mol. The second-order valence-electron chi connectivity index (χ2n) is 6.76. The number of hydrogen-bond donors (Lipinski definition) is 0. The van der Waals surface area contributed by atoms with E-state index in [2.05, 4.69) is 55.3 Å². The van der Waals surface area contributed by atoms with Crippen molar-refractivity contribution < 1.29 is 0 Å². The fourth-order valence-corrected chi connectivity index (χ4v) is 4.26. The number of fused-ring (bicyclic) bond motifs is 1. The van der Waals surface area contributed by atoms with E-state index in [1.54, 1.807) is 11.3 Å². The summed E-state index contributed by atoms with van der Waals surface area (Å²) in [6.07, 6.45) is 0. The molecule has 7 heteroatoms.